The van der Waals surface area contributed by atoms with E-state index in [1.165, 1.54) is 112 Å². The van der Waals surface area contributed by atoms with Crippen LogP contribution in [-0.2, 0) is 51.0 Å². The van der Waals surface area contributed by atoms with Crippen molar-refractivity contribution in [3.8, 4) is 17.2 Å². The van der Waals surface area contributed by atoms with Crippen molar-refractivity contribution in [1.82, 2.24) is 51.2 Å². The van der Waals surface area contributed by atoms with Crippen LogP contribution in [0, 0.1) is 11.6 Å². The number of aromatic nitrogens is 4. The van der Waals surface area contributed by atoms with Gasteiger partial charge in [-0.15, -0.1) is 0 Å². The number of nitrogens with two attached hydrogens (primary N) is 2. The monoisotopic (exact) mass is 1760 g/mol. The third-order valence-electron chi connectivity index (χ3n) is 18.8. The number of carbonyl (C=O) groups is 6. The van der Waals surface area contributed by atoms with Crippen molar-refractivity contribution in [1.29, 1.82) is 0 Å². The molecule has 5 amide bonds. The van der Waals surface area contributed by atoms with Gasteiger partial charge in [0.15, 0.2) is 23.2 Å². The number of benzene rings is 7. The number of imidazole rings is 1. The number of hydrogen-bond donors (Lipinski definition) is 12. The Morgan fingerprint density at radius 1 is 0.760 bits per heavy atom. The molecule has 2 aliphatic rings. The molecular formula is C87H100ClF5N14O18. The molecule has 2 aliphatic heterocycles. The normalized spacial score (nSPS) is 15.7. The number of aliphatic hydroxyl groups is 3. The van der Waals surface area contributed by atoms with Crippen LogP contribution in [0.5, 0.6) is 17.2 Å². The van der Waals surface area contributed by atoms with Gasteiger partial charge in [0, 0.05) is 68.6 Å². The van der Waals surface area contributed by atoms with Gasteiger partial charge < -0.3 is 101 Å². The van der Waals surface area contributed by atoms with Gasteiger partial charge in [0.2, 0.25) is 11.8 Å². The summed E-state index contributed by atoms with van der Waals surface area (Å²) < 4.78 is 113. The summed E-state index contributed by atoms with van der Waals surface area (Å²) in [6, 6.07) is 48.6. The molecular weight excluding hydrogens is 1660 g/mol. The van der Waals surface area contributed by atoms with E-state index < -0.39 is 84.9 Å². The summed E-state index contributed by atoms with van der Waals surface area (Å²) >= 11 is 5.82. The molecule has 2 fully saturated rings. The van der Waals surface area contributed by atoms with Crippen LogP contribution < -0.4 is 62.6 Å². The third-order valence-corrected chi connectivity index (χ3v) is 19.0. The zero-order chi connectivity index (χ0) is 90.6. The summed E-state index contributed by atoms with van der Waals surface area (Å²) in [6.07, 6.45) is -2.04. The quantitative estimate of drug-likeness (QED) is 0.00359. The van der Waals surface area contributed by atoms with Gasteiger partial charge in [0.25, 0.3) is 17.7 Å². The van der Waals surface area contributed by atoms with E-state index in [9.17, 15) is 60.9 Å². The lowest BCUT2D eigenvalue weighted by Gasteiger charge is -2.35. The van der Waals surface area contributed by atoms with Crippen LogP contribution in [0.4, 0.5) is 33.5 Å². The summed E-state index contributed by atoms with van der Waals surface area (Å²) in [6.45, 7) is 4.37. The van der Waals surface area contributed by atoms with Gasteiger partial charge >= 0.3 is 17.8 Å². The van der Waals surface area contributed by atoms with E-state index in [0.717, 1.165) is 24.6 Å². The van der Waals surface area contributed by atoms with E-state index in [-0.39, 0.29) is 70.8 Å². The van der Waals surface area contributed by atoms with Crippen LogP contribution in [0.3, 0.4) is 0 Å². The van der Waals surface area contributed by atoms with Gasteiger partial charge in [0.1, 0.15) is 65.0 Å². The van der Waals surface area contributed by atoms with Crippen molar-refractivity contribution >= 4 is 75.9 Å². The third kappa shape index (κ3) is 28.8. The number of alkyl halides is 3. The van der Waals surface area contributed by atoms with Gasteiger partial charge in [-0.2, -0.15) is 13.2 Å². The summed E-state index contributed by atoms with van der Waals surface area (Å²) in [5.41, 5.74) is 14.1. The lowest BCUT2D eigenvalue weighted by molar-refractivity contribution is -0.204. The van der Waals surface area contributed by atoms with Crippen LogP contribution in [0.1, 0.15) is 74.4 Å². The molecule has 0 bridgehead atoms. The van der Waals surface area contributed by atoms with E-state index in [0.29, 0.717) is 96.7 Å². The smallest absolute Gasteiger partial charge is 0.441 e. The average molecular weight is 1760 g/mol. The molecule has 2 unspecified atom stereocenters. The molecule has 10 aromatic rings. The average Bonchev–Trinajstić information content (AvgIpc) is 1.74. The maximum absolute atomic E-state index is 14.3. The number of fused-ring (bicyclic) bond motifs is 1. The largest absolute Gasteiger partial charge is 0.497 e. The Morgan fingerprint density at radius 2 is 1.40 bits per heavy atom. The number of rotatable bonds is 32. The number of halogens is 6. The van der Waals surface area contributed by atoms with Crippen molar-refractivity contribution < 1.29 is 109 Å². The maximum atomic E-state index is 14.3. The number of carbonyl (C=O) groups excluding carboxylic acids is 6. The fourth-order valence-electron chi connectivity index (χ4n) is 12.2. The first-order valence-electron chi connectivity index (χ1n) is 39.0. The molecule has 7 atom stereocenters. The highest BCUT2D eigenvalue weighted by atomic mass is 35.5. The van der Waals surface area contributed by atoms with E-state index in [1.54, 1.807) is 106 Å². The molecule has 12 rings (SSSR count). The first-order valence-corrected chi connectivity index (χ1v) is 39.4. The number of anilines is 2. The second-order valence-corrected chi connectivity index (χ2v) is 28.2. The van der Waals surface area contributed by atoms with Gasteiger partial charge in [-0.05, 0) is 140 Å². The minimum absolute atomic E-state index is 0.0324. The van der Waals surface area contributed by atoms with Crippen LogP contribution in [-0.4, -0.2) is 224 Å². The van der Waals surface area contributed by atoms with Crippen molar-refractivity contribution in [3.63, 3.8) is 0 Å². The van der Waals surface area contributed by atoms with Gasteiger partial charge in [-0.1, -0.05) is 103 Å². The Bertz CT molecular complexity index is 5020. The van der Waals surface area contributed by atoms with Gasteiger partial charge in [-0.3, -0.25) is 33.7 Å². The zero-order valence-corrected chi connectivity index (χ0v) is 69.8. The van der Waals surface area contributed by atoms with Crippen molar-refractivity contribution in [2.45, 2.75) is 80.8 Å². The molecule has 125 heavy (non-hydrogen) atoms. The van der Waals surface area contributed by atoms with Crippen molar-refractivity contribution in [2.75, 3.05) is 111 Å². The molecule has 38 heteroatoms. The fraction of sp³-hybridized carbons (Fsp3) is 0.322. The number of amides is 5. The Kier molecular flexibility index (Phi) is 38.5. The van der Waals surface area contributed by atoms with E-state index in [4.69, 9.17) is 66.2 Å². The summed E-state index contributed by atoms with van der Waals surface area (Å²) in [5, 5.41) is 51.0. The Morgan fingerprint density at radius 3 is 1.98 bits per heavy atom. The molecule has 32 nitrogen and oxygen atoms in total. The van der Waals surface area contributed by atoms with Crippen LogP contribution >= 0.6 is 11.6 Å². The Balaban J connectivity index is 0.000000199. The minimum Gasteiger partial charge on any atom is -0.497 e. The predicted octanol–water partition coefficient (Wildman–Crippen LogP) is 8.24. The molecule has 5 heterocycles. The molecule has 14 N–H and O–H groups in total. The number of hydrogen-bond acceptors (Lipinski definition) is 26. The van der Waals surface area contributed by atoms with E-state index >= 15 is 0 Å². The van der Waals surface area contributed by atoms with Crippen molar-refractivity contribution in [2.24, 2.45) is 11.5 Å². The van der Waals surface area contributed by atoms with Crippen LogP contribution in [0.25, 0.3) is 17.2 Å². The highest BCUT2D eigenvalue weighted by molar-refractivity contribution is 6.31. The molecule has 0 spiro atoms. The summed E-state index contributed by atoms with van der Waals surface area (Å²) in [4.78, 5) is 90.5. The fourth-order valence-corrected chi connectivity index (χ4v) is 12.4. The summed E-state index contributed by atoms with van der Waals surface area (Å²) in [5.74, 6) is -3.26. The Labute approximate surface area is 721 Å². The van der Waals surface area contributed by atoms with Crippen LogP contribution in [0.2, 0.25) is 5.02 Å². The second-order valence-electron chi connectivity index (χ2n) is 27.7. The molecule has 3 aromatic heterocycles. The number of ether oxygens (including phenoxy) is 7. The molecule has 7 aromatic carbocycles. The van der Waals surface area contributed by atoms with E-state index in [2.05, 4.69) is 53.1 Å². The lowest BCUT2D eigenvalue weighted by atomic mass is 10.0. The highest BCUT2D eigenvalue weighted by Gasteiger charge is 2.64. The second kappa shape index (κ2) is 49.1. The van der Waals surface area contributed by atoms with Crippen LogP contribution in [0.15, 0.2) is 217 Å². The number of furan rings is 1. The SMILES string of the molecule is CCOC(=O)C(NC(=O)c1cccc(Cl)c1)(Nc1ccc(OC)cc1OC)C(F)(F)F.COc1ccc(C[C@@H](N)C(=O)N[C@H]2[C@H](O)[C@H](n3cnc4c(N(C)C)ncnc43)O[C@@H]2CO)cc1.NCC(O)CNCCc1ccccc1.O=C(CCOC(c1ccc(F)cc1)c1ccc(F)cc1)NO.O=C(N/C(=C\c1ccco1)C(=O)N1CCOCC1)c1ccccc1. The first kappa shape index (κ1) is 97.9. The number of nitrogens with one attached hydrogen (secondary N) is 6. The topological polar surface area (TPSA) is 435 Å². The number of aliphatic hydroxyl groups excluding tert-OH is 3. The highest BCUT2D eigenvalue weighted by Crippen LogP contribution is 2.39. The molecule has 2 saturated heterocycles. The number of methoxy groups -OCH3 is 3. The number of hydroxylamine groups is 1. The number of esters is 1. The minimum atomic E-state index is -5.31. The van der Waals surface area contributed by atoms with Gasteiger partial charge in [-0.25, -0.2) is 34.0 Å². The zero-order valence-electron chi connectivity index (χ0n) is 69.1. The molecule has 668 valence electrons. The van der Waals surface area contributed by atoms with Crippen molar-refractivity contribution in [3.05, 3.63) is 268 Å². The number of nitrogens with zero attached hydrogens (tertiary/aromatic N) is 6. The molecule has 0 radical (unpaired) electrons. The number of morpholine rings is 1. The predicted molar refractivity (Wildman–Crippen MR) is 452 cm³/mol. The summed E-state index contributed by atoms with van der Waals surface area (Å²) in [7, 11) is 7.85. The first-order chi connectivity index (χ1) is 60.1. The molecule has 0 saturated carbocycles. The lowest BCUT2D eigenvalue weighted by Crippen LogP contribution is -2.69. The van der Waals surface area contributed by atoms with Gasteiger partial charge in [0.05, 0.1) is 97.3 Å². The van der Waals surface area contributed by atoms with E-state index in [1.807, 2.05) is 50.5 Å². The molecule has 0 aliphatic carbocycles. The Hall–Kier alpha value is -12.5. The standard InChI is InChI=1S/C22H29N7O5.C20H20ClF3N2O5.C18H18N2O4.C16H15F2NO3.C11H18N2O/c1-28(2)19-17-20(25-10-24-19)29(11-26-17)22-18(31)16(15(9-30)34-22)27-21(32)14(23)8-12-4-6-13(33-3)7-5-12;1-4-31-18(28)19(20(22,23)24,26-17(27)12-6-5-7-13(21)10-12)25-15-9-8-14(29-2)11-16(15)30-3;21-17(14-5-2-1-3-6-14)19-16(13-15-7-4-10-24-15)18(22)20-8-11-23-12-9-20;17-13-5-1-11(2-6-13)16(22-10-9-15(20)19-21)12-3-7-14(18)8-4-12;12-8-11(14)9-13-7-6-10-4-2-1-3-5-10/h4-7,10-11,14-16,18,22,30-31H,8-9,23H2,1-3H3,(H,27,32);5-11,25H,4H2,1-3H3,(H,26,27);1-7,10,13H,8-9,11-12H2,(H,19,21);1-8,16,21H,9-10H2,(H,19,20);1-5,11,13-14H,6-9,12H2/b;;16-13-;;/t14-,15-,16-,18+,22-;;;;/m1..../s1. The maximum Gasteiger partial charge on any atom is 0.441 e.